The number of anilines is 2. The molecule has 0 saturated heterocycles. The van der Waals surface area contributed by atoms with Crippen LogP contribution in [0.2, 0.25) is 0 Å². The van der Waals surface area contributed by atoms with E-state index in [1.807, 2.05) is 31.7 Å². The third-order valence-electron chi connectivity index (χ3n) is 1.80. The first kappa shape index (κ1) is 14.2. The summed E-state index contributed by atoms with van der Waals surface area (Å²) in [7, 11) is 0. The normalized spacial score (nSPS) is 10.5. The molecule has 0 fully saturated rings. The molecule has 6 heteroatoms. The van der Waals surface area contributed by atoms with Crippen LogP contribution in [0.25, 0.3) is 0 Å². The van der Waals surface area contributed by atoms with Crippen LogP contribution in [0.5, 0.6) is 5.75 Å². The molecule has 0 bridgehead atoms. The standard InChI is InChI=1S/C11H19N3OS2/c1-4-6-16-7-5-13-11-9(15-8(2)3)10(12)14-17-11/h4,8,13H,1,5-7H2,2-3H3,(H2,12,14). The first-order valence-electron chi connectivity index (χ1n) is 5.49. The lowest BCUT2D eigenvalue weighted by molar-refractivity contribution is 0.245. The minimum atomic E-state index is 0.101. The number of aromatic nitrogens is 1. The number of nitrogens with one attached hydrogen (secondary N) is 1. The maximum absolute atomic E-state index is 5.76. The van der Waals surface area contributed by atoms with Crippen LogP contribution in [0.15, 0.2) is 12.7 Å². The van der Waals surface area contributed by atoms with Gasteiger partial charge in [0, 0.05) is 18.1 Å². The highest BCUT2D eigenvalue weighted by molar-refractivity contribution is 7.99. The van der Waals surface area contributed by atoms with Gasteiger partial charge >= 0.3 is 0 Å². The number of rotatable bonds is 8. The highest BCUT2D eigenvalue weighted by atomic mass is 32.2. The topological polar surface area (TPSA) is 60.2 Å². The van der Waals surface area contributed by atoms with Crippen molar-refractivity contribution in [3.8, 4) is 5.75 Å². The molecule has 0 spiro atoms. The second-order valence-electron chi connectivity index (χ2n) is 3.68. The van der Waals surface area contributed by atoms with E-state index in [0.29, 0.717) is 11.6 Å². The number of hydrogen-bond donors (Lipinski definition) is 2. The summed E-state index contributed by atoms with van der Waals surface area (Å²) in [5.74, 6) is 3.14. The number of thioether (sulfide) groups is 1. The summed E-state index contributed by atoms with van der Waals surface area (Å²) in [6.45, 7) is 8.50. The summed E-state index contributed by atoms with van der Waals surface area (Å²) in [5.41, 5.74) is 5.76. The zero-order valence-electron chi connectivity index (χ0n) is 10.2. The maximum Gasteiger partial charge on any atom is 0.197 e. The highest BCUT2D eigenvalue weighted by Crippen LogP contribution is 2.35. The van der Waals surface area contributed by atoms with Gasteiger partial charge in [0.15, 0.2) is 16.6 Å². The molecule has 0 aliphatic heterocycles. The van der Waals surface area contributed by atoms with Gasteiger partial charge in [-0.1, -0.05) is 6.08 Å². The fourth-order valence-electron chi connectivity index (χ4n) is 1.16. The van der Waals surface area contributed by atoms with Crippen LogP contribution in [0.4, 0.5) is 10.8 Å². The molecule has 0 amide bonds. The van der Waals surface area contributed by atoms with E-state index < -0.39 is 0 Å². The van der Waals surface area contributed by atoms with Gasteiger partial charge in [-0.2, -0.15) is 16.1 Å². The van der Waals surface area contributed by atoms with Crippen molar-refractivity contribution in [1.82, 2.24) is 4.37 Å². The van der Waals surface area contributed by atoms with Gasteiger partial charge < -0.3 is 15.8 Å². The zero-order valence-corrected chi connectivity index (χ0v) is 11.9. The van der Waals surface area contributed by atoms with E-state index in [0.717, 1.165) is 23.1 Å². The van der Waals surface area contributed by atoms with Crippen molar-refractivity contribution in [2.24, 2.45) is 0 Å². The second-order valence-corrected chi connectivity index (χ2v) is 5.61. The van der Waals surface area contributed by atoms with Gasteiger partial charge in [0.05, 0.1) is 6.10 Å². The summed E-state index contributed by atoms with van der Waals surface area (Å²) < 4.78 is 9.73. The third kappa shape index (κ3) is 4.87. The van der Waals surface area contributed by atoms with E-state index in [1.54, 1.807) is 0 Å². The van der Waals surface area contributed by atoms with Crippen molar-refractivity contribution >= 4 is 34.1 Å². The Morgan fingerprint density at radius 3 is 3.06 bits per heavy atom. The molecule has 4 nitrogen and oxygen atoms in total. The average Bonchev–Trinajstić information content (AvgIpc) is 2.60. The maximum atomic E-state index is 5.76. The van der Waals surface area contributed by atoms with Crippen LogP contribution in [0.1, 0.15) is 13.8 Å². The number of hydrogen-bond acceptors (Lipinski definition) is 6. The van der Waals surface area contributed by atoms with Crippen LogP contribution in [-0.2, 0) is 0 Å². The Morgan fingerprint density at radius 1 is 1.65 bits per heavy atom. The molecule has 0 saturated carbocycles. The smallest absolute Gasteiger partial charge is 0.197 e. The largest absolute Gasteiger partial charge is 0.484 e. The van der Waals surface area contributed by atoms with Crippen LogP contribution < -0.4 is 15.8 Å². The van der Waals surface area contributed by atoms with E-state index in [4.69, 9.17) is 10.5 Å². The number of nitrogens with zero attached hydrogens (tertiary/aromatic N) is 1. The van der Waals surface area contributed by atoms with Gasteiger partial charge in [-0.3, -0.25) is 0 Å². The van der Waals surface area contributed by atoms with Crippen molar-refractivity contribution in [2.45, 2.75) is 20.0 Å². The molecule has 0 aliphatic rings. The monoisotopic (exact) mass is 273 g/mol. The molecule has 1 heterocycles. The molecule has 0 unspecified atom stereocenters. The molecule has 0 atom stereocenters. The summed E-state index contributed by atoms with van der Waals surface area (Å²) >= 11 is 3.17. The Hall–Kier alpha value is -0.880. The zero-order chi connectivity index (χ0) is 12.7. The Balaban J connectivity index is 2.44. The van der Waals surface area contributed by atoms with Gasteiger partial charge in [-0.05, 0) is 25.4 Å². The van der Waals surface area contributed by atoms with Gasteiger partial charge in [-0.25, -0.2) is 0 Å². The molecule has 1 aromatic heterocycles. The van der Waals surface area contributed by atoms with Crippen LogP contribution in [0.3, 0.4) is 0 Å². The fourth-order valence-corrected chi connectivity index (χ4v) is 2.41. The first-order chi connectivity index (χ1) is 8.15. The van der Waals surface area contributed by atoms with Crippen molar-refractivity contribution in [2.75, 3.05) is 29.1 Å². The Labute approximate surface area is 111 Å². The minimum Gasteiger partial charge on any atom is -0.484 e. The van der Waals surface area contributed by atoms with Crippen LogP contribution in [0, 0.1) is 0 Å². The van der Waals surface area contributed by atoms with E-state index in [1.165, 1.54) is 11.5 Å². The summed E-state index contributed by atoms with van der Waals surface area (Å²) in [6.07, 6.45) is 2.01. The number of nitrogens with two attached hydrogens (primary N) is 1. The van der Waals surface area contributed by atoms with Crippen molar-refractivity contribution in [1.29, 1.82) is 0 Å². The molecule has 17 heavy (non-hydrogen) atoms. The van der Waals surface area contributed by atoms with Gasteiger partial charge in [0.2, 0.25) is 0 Å². The molecule has 0 radical (unpaired) electrons. The summed E-state index contributed by atoms with van der Waals surface area (Å²) in [6, 6.07) is 0. The highest BCUT2D eigenvalue weighted by Gasteiger charge is 2.13. The third-order valence-corrected chi connectivity index (χ3v) is 3.56. The lowest BCUT2D eigenvalue weighted by Crippen LogP contribution is -2.09. The molecule has 0 aliphatic carbocycles. The first-order valence-corrected chi connectivity index (χ1v) is 7.42. The predicted molar refractivity (Wildman–Crippen MR) is 78.3 cm³/mol. The van der Waals surface area contributed by atoms with Crippen molar-refractivity contribution in [3.05, 3.63) is 12.7 Å². The summed E-state index contributed by atoms with van der Waals surface area (Å²) in [5, 5.41) is 4.21. The minimum absolute atomic E-state index is 0.101. The predicted octanol–water partition coefficient (Wildman–Crippen LogP) is 2.84. The lowest BCUT2D eigenvalue weighted by Gasteiger charge is -2.11. The Kier molecular flexibility index (Phi) is 6.21. The number of ether oxygens (including phenoxy) is 1. The molecule has 96 valence electrons. The second kappa shape index (κ2) is 7.45. The summed E-state index contributed by atoms with van der Waals surface area (Å²) in [4.78, 5) is 0. The van der Waals surface area contributed by atoms with Gasteiger partial charge in [0.1, 0.15) is 0 Å². The lowest BCUT2D eigenvalue weighted by atomic mass is 10.4. The van der Waals surface area contributed by atoms with Crippen LogP contribution >= 0.6 is 23.3 Å². The molecular formula is C11H19N3OS2. The van der Waals surface area contributed by atoms with Crippen molar-refractivity contribution in [3.63, 3.8) is 0 Å². The fraction of sp³-hybridized carbons (Fsp3) is 0.545. The molecular weight excluding hydrogens is 254 g/mol. The molecule has 0 aromatic carbocycles. The quantitative estimate of drug-likeness (QED) is 0.563. The Morgan fingerprint density at radius 2 is 2.41 bits per heavy atom. The van der Waals surface area contributed by atoms with E-state index in [9.17, 15) is 0 Å². The van der Waals surface area contributed by atoms with E-state index >= 15 is 0 Å². The van der Waals surface area contributed by atoms with Crippen LogP contribution in [-0.4, -0.2) is 28.5 Å². The molecule has 1 rings (SSSR count). The van der Waals surface area contributed by atoms with Gasteiger partial charge in [0.25, 0.3) is 0 Å². The van der Waals surface area contributed by atoms with E-state index in [2.05, 4.69) is 16.3 Å². The van der Waals surface area contributed by atoms with E-state index in [-0.39, 0.29) is 6.10 Å². The molecule has 3 N–H and O–H groups in total. The average molecular weight is 273 g/mol. The molecule has 1 aromatic rings. The SMILES string of the molecule is C=CCSCCNc1snc(N)c1OC(C)C. The number of nitrogen functional groups attached to an aromatic ring is 1. The van der Waals surface area contributed by atoms with Crippen molar-refractivity contribution < 1.29 is 4.74 Å². The van der Waals surface area contributed by atoms with Gasteiger partial charge in [-0.15, -0.1) is 6.58 Å². The Bertz CT molecular complexity index is 352.